The fourth-order valence-corrected chi connectivity index (χ4v) is 2.62. The van der Waals surface area contributed by atoms with E-state index in [1.165, 1.54) is 4.90 Å². The van der Waals surface area contributed by atoms with E-state index in [4.69, 9.17) is 5.73 Å². The molecule has 90 valence electrons. The van der Waals surface area contributed by atoms with Gasteiger partial charge in [0, 0.05) is 11.3 Å². The molecule has 2 N–H and O–H groups in total. The smallest absolute Gasteiger partial charge is 0.329 e. The van der Waals surface area contributed by atoms with Crippen molar-refractivity contribution >= 4 is 11.8 Å². The summed E-state index contributed by atoms with van der Waals surface area (Å²) >= 11 is 1.68. The number of nitrogens with zero attached hydrogens (tertiary/aromatic N) is 1. The van der Waals surface area contributed by atoms with Gasteiger partial charge in [0.25, 0.3) is 0 Å². The second-order valence-electron chi connectivity index (χ2n) is 3.98. The summed E-state index contributed by atoms with van der Waals surface area (Å²) in [5, 5.41) is 0. The highest BCUT2D eigenvalue weighted by atomic mass is 32.2. The molecule has 0 unspecified atom stereocenters. The molecule has 1 heterocycles. The minimum atomic E-state index is -4.08. The summed E-state index contributed by atoms with van der Waals surface area (Å²) in [5.41, 5.74) is 5.66. The lowest BCUT2D eigenvalue weighted by Gasteiger charge is -2.40. The van der Waals surface area contributed by atoms with Crippen molar-refractivity contribution in [1.29, 1.82) is 0 Å². The number of alkyl halides is 3. The number of nitrogens with two attached hydrogens (primary N) is 1. The van der Waals surface area contributed by atoms with E-state index in [0.29, 0.717) is 19.6 Å². The van der Waals surface area contributed by atoms with Gasteiger partial charge in [0.1, 0.15) is 0 Å². The molecule has 0 radical (unpaired) electrons. The molecule has 1 saturated heterocycles. The third kappa shape index (κ3) is 3.85. The van der Waals surface area contributed by atoms with Crippen LogP contribution in [-0.2, 0) is 0 Å². The van der Waals surface area contributed by atoms with Crippen LogP contribution in [0.25, 0.3) is 0 Å². The number of thioether (sulfide) groups is 1. The zero-order valence-corrected chi connectivity index (χ0v) is 9.63. The number of hydrogen-bond donors (Lipinski definition) is 1. The molecule has 0 saturated carbocycles. The van der Waals surface area contributed by atoms with Crippen LogP contribution in [0.4, 0.5) is 13.2 Å². The second-order valence-corrected chi connectivity index (χ2v) is 5.26. The Labute approximate surface area is 92.4 Å². The summed E-state index contributed by atoms with van der Waals surface area (Å²) in [4.78, 5) is 1.46. The number of piperidine rings is 1. The van der Waals surface area contributed by atoms with Crippen LogP contribution in [0.3, 0.4) is 0 Å². The van der Waals surface area contributed by atoms with E-state index < -0.39 is 12.7 Å². The topological polar surface area (TPSA) is 29.3 Å². The van der Waals surface area contributed by atoms with Gasteiger partial charge >= 0.3 is 6.18 Å². The molecule has 1 aliphatic rings. The van der Waals surface area contributed by atoms with E-state index in [-0.39, 0.29) is 4.75 Å². The first-order valence-corrected chi connectivity index (χ1v) is 6.18. The average Bonchev–Trinajstić information content (AvgIpc) is 2.17. The molecule has 15 heavy (non-hydrogen) atoms. The van der Waals surface area contributed by atoms with Crippen LogP contribution in [0.5, 0.6) is 0 Å². The molecule has 1 aliphatic heterocycles. The van der Waals surface area contributed by atoms with Crippen LogP contribution >= 0.6 is 11.8 Å². The fraction of sp³-hybridized carbons (Fsp3) is 1.00. The molecule has 0 amide bonds. The van der Waals surface area contributed by atoms with Crippen LogP contribution in [0.15, 0.2) is 0 Å². The Morgan fingerprint density at radius 2 is 1.87 bits per heavy atom. The minimum absolute atomic E-state index is 0.00208. The maximum atomic E-state index is 12.1. The zero-order valence-electron chi connectivity index (χ0n) is 8.81. The SMILES string of the molecule is CSC1(CN)CCN(CC(F)(F)F)CC1. The maximum absolute atomic E-state index is 12.1. The molecule has 0 spiro atoms. The zero-order chi connectivity index (χ0) is 11.5. The van der Waals surface area contributed by atoms with Gasteiger partial charge in [0.05, 0.1) is 6.54 Å². The van der Waals surface area contributed by atoms with Crippen molar-refractivity contribution in [2.45, 2.75) is 23.8 Å². The van der Waals surface area contributed by atoms with E-state index in [1.807, 2.05) is 6.26 Å². The summed E-state index contributed by atoms with van der Waals surface area (Å²) in [6.45, 7) is 0.755. The van der Waals surface area contributed by atoms with Crippen molar-refractivity contribution in [1.82, 2.24) is 4.90 Å². The van der Waals surface area contributed by atoms with Crippen LogP contribution in [0.2, 0.25) is 0 Å². The number of rotatable bonds is 3. The Morgan fingerprint density at radius 3 is 2.20 bits per heavy atom. The van der Waals surface area contributed by atoms with Gasteiger partial charge in [0.2, 0.25) is 0 Å². The molecule has 6 heteroatoms. The van der Waals surface area contributed by atoms with E-state index >= 15 is 0 Å². The quantitative estimate of drug-likeness (QED) is 0.817. The van der Waals surface area contributed by atoms with Gasteiger partial charge in [-0.25, -0.2) is 0 Å². The van der Waals surface area contributed by atoms with Crippen molar-refractivity contribution in [3.63, 3.8) is 0 Å². The Balaban J connectivity index is 2.42. The van der Waals surface area contributed by atoms with Crippen molar-refractivity contribution in [3.05, 3.63) is 0 Å². The normalized spacial score (nSPS) is 23.0. The molecule has 0 aromatic rings. The van der Waals surface area contributed by atoms with Crippen LogP contribution < -0.4 is 5.73 Å². The Kier molecular flexibility index (Phi) is 4.31. The number of hydrogen-bond acceptors (Lipinski definition) is 3. The molecule has 0 bridgehead atoms. The number of likely N-dealkylation sites (tertiary alicyclic amines) is 1. The van der Waals surface area contributed by atoms with Crippen LogP contribution in [-0.4, -0.2) is 48.3 Å². The molecule has 1 rings (SSSR count). The molecular formula is C9H17F3N2S. The van der Waals surface area contributed by atoms with Gasteiger partial charge in [-0.05, 0) is 32.2 Å². The van der Waals surface area contributed by atoms with E-state index in [9.17, 15) is 13.2 Å². The molecule has 0 aromatic heterocycles. The highest BCUT2D eigenvalue weighted by molar-refractivity contribution is 8.00. The molecule has 0 atom stereocenters. The van der Waals surface area contributed by atoms with Gasteiger partial charge in [-0.1, -0.05) is 0 Å². The van der Waals surface area contributed by atoms with Gasteiger partial charge < -0.3 is 5.73 Å². The lowest BCUT2D eigenvalue weighted by atomic mass is 9.96. The van der Waals surface area contributed by atoms with Gasteiger partial charge in [-0.15, -0.1) is 0 Å². The Morgan fingerprint density at radius 1 is 1.33 bits per heavy atom. The molecule has 1 fully saturated rings. The second kappa shape index (κ2) is 4.93. The third-order valence-electron chi connectivity index (χ3n) is 2.98. The Hall–Kier alpha value is 0.0600. The standard InChI is InChI=1S/C9H17F3N2S/c1-15-8(6-13)2-4-14(5-3-8)7-9(10,11)12/h2-7,13H2,1H3. The summed E-state index contributed by atoms with van der Waals surface area (Å²) in [6.07, 6.45) is -0.601. The lowest BCUT2D eigenvalue weighted by molar-refractivity contribution is -0.148. The molecule has 0 aliphatic carbocycles. The molecule has 0 aromatic carbocycles. The van der Waals surface area contributed by atoms with Crippen molar-refractivity contribution in [2.24, 2.45) is 5.73 Å². The first-order valence-electron chi connectivity index (χ1n) is 4.95. The average molecular weight is 242 g/mol. The maximum Gasteiger partial charge on any atom is 0.401 e. The van der Waals surface area contributed by atoms with Crippen LogP contribution in [0, 0.1) is 0 Å². The fourth-order valence-electron chi connectivity index (χ4n) is 1.86. The predicted molar refractivity (Wildman–Crippen MR) is 57.0 cm³/mol. The first kappa shape index (κ1) is 13.1. The lowest BCUT2D eigenvalue weighted by Crippen LogP contribution is -2.48. The van der Waals surface area contributed by atoms with E-state index in [0.717, 1.165) is 12.8 Å². The predicted octanol–water partition coefficient (Wildman–Crippen LogP) is 1.71. The molecular weight excluding hydrogens is 225 g/mol. The summed E-state index contributed by atoms with van der Waals surface area (Å²) < 4.78 is 36.4. The Bertz CT molecular complexity index is 194. The van der Waals surface area contributed by atoms with Crippen molar-refractivity contribution in [2.75, 3.05) is 32.4 Å². The van der Waals surface area contributed by atoms with Crippen molar-refractivity contribution < 1.29 is 13.2 Å². The highest BCUT2D eigenvalue weighted by Gasteiger charge is 2.37. The molecule has 2 nitrogen and oxygen atoms in total. The van der Waals surface area contributed by atoms with E-state index in [1.54, 1.807) is 11.8 Å². The van der Waals surface area contributed by atoms with Gasteiger partial charge in [-0.2, -0.15) is 24.9 Å². The summed E-state index contributed by atoms with van der Waals surface area (Å²) in [6, 6.07) is 0. The highest BCUT2D eigenvalue weighted by Crippen LogP contribution is 2.34. The first-order chi connectivity index (χ1) is 6.91. The van der Waals surface area contributed by atoms with Gasteiger partial charge in [0.15, 0.2) is 0 Å². The largest absolute Gasteiger partial charge is 0.401 e. The third-order valence-corrected chi connectivity index (χ3v) is 4.42. The summed E-state index contributed by atoms with van der Waals surface area (Å²) in [5.74, 6) is 0. The van der Waals surface area contributed by atoms with E-state index in [2.05, 4.69) is 0 Å². The van der Waals surface area contributed by atoms with Crippen molar-refractivity contribution in [3.8, 4) is 0 Å². The van der Waals surface area contributed by atoms with Gasteiger partial charge in [-0.3, -0.25) is 4.90 Å². The summed E-state index contributed by atoms with van der Waals surface area (Å²) in [7, 11) is 0. The number of halogens is 3. The minimum Gasteiger partial charge on any atom is -0.329 e. The van der Waals surface area contributed by atoms with Crippen LogP contribution in [0.1, 0.15) is 12.8 Å². The monoisotopic (exact) mass is 242 g/mol.